The van der Waals surface area contributed by atoms with Crippen molar-refractivity contribution >= 4 is 21.9 Å². The fraction of sp³-hybridized carbons (Fsp3) is 0.667. The maximum Gasteiger partial charge on any atom is 0.307 e. The lowest BCUT2D eigenvalue weighted by Gasteiger charge is -2.20. The van der Waals surface area contributed by atoms with Crippen LogP contribution in [0.15, 0.2) is 10.2 Å². The molecule has 0 N–H and O–H groups in total. The van der Waals surface area contributed by atoms with Gasteiger partial charge in [-0.1, -0.05) is 22.9 Å². The minimum Gasteiger partial charge on any atom is -0.430 e. The molecule has 1 aliphatic carbocycles. The van der Waals surface area contributed by atoms with Crippen LogP contribution in [0.25, 0.3) is 0 Å². The molecule has 1 aliphatic rings. The number of rotatable bonds is 1. The van der Waals surface area contributed by atoms with E-state index in [1.165, 1.54) is 13.3 Å². The summed E-state index contributed by atoms with van der Waals surface area (Å²) >= 11 is 3.45. The largest absolute Gasteiger partial charge is 0.430 e. The number of allylic oxidation sites excluding steroid dienone is 2. The minimum absolute atomic E-state index is 0.226. The van der Waals surface area contributed by atoms with Crippen LogP contribution in [-0.2, 0) is 9.53 Å². The molecule has 0 aromatic rings. The first kappa shape index (κ1) is 9.78. The fourth-order valence-corrected chi connectivity index (χ4v) is 1.87. The zero-order chi connectivity index (χ0) is 9.14. The summed E-state index contributed by atoms with van der Waals surface area (Å²) in [5, 5.41) is 0. The smallest absolute Gasteiger partial charge is 0.307 e. The van der Waals surface area contributed by atoms with Gasteiger partial charge in [0.25, 0.3) is 0 Å². The molecule has 0 saturated heterocycles. The molecule has 0 saturated carbocycles. The first-order chi connectivity index (χ1) is 5.61. The molecule has 0 spiro atoms. The molecule has 1 rings (SSSR count). The quantitative estimate of drug-likeness (QED) is 0.651. The second kappa shape index (κ2) is 4.08. The summed E-state index contributed by atoms with van der Waals surface area (Å²) in [6.07, 6.45) is 3.16. The predicted octanol–water partition coefficient (Wildman–Crippen LogP) is 2.98. The molecule has 2 nitrogen and oxygen atoms in total. The van der Waals surface area contributed by atoms with Crippen molar-refractivity contribution in [1.29, 1.82) is 0 Å². The summed E-state index contributed by atoms with van der Waals surface area (Å²) in [6.45, 7) is 3.57. The van der Waals surface area contributed by atoms with Crippen molar-refractivity contribution in [2.24, 2.45) is 5.92 Å². The zero-order valence-corrected chi connectivity index (χ0v) is 8.98. The van der Waals surface area contributed by atoms with E-state index in [1.54, 1.807) is 0 Å². The van der Waals surface area contributed by atoms with Crippen molar-refractivity contribution in [2.45, 2.75) is 33.1 Å². The summed E-state index contributed by atoms with van der Waals surface area (Å²) < 4.78 is 6.13. The number of halogens is 1. The number of ether oxygens (including phenoxy) is 1. The van der Waals surface area contributed by atoms with Crippen LogP contribution in [0.3, 0.4) is 0 Å². The first-order valence-corrected chi connectivity index (χ1v) is 4.97. The minimum atomic E-state index is -0.226. The summed E-state index contributed by atoms with van der Waals surface area (Å²) in [5.74, 6) is 1.09. The van der Waals surface area contributed by atoms with Gasteiger partial charge in [0.05, 0.1) is 0 Å². The topological polar surface area (TPSA) is 26.3 Å². The Balaban J connectivity index is 2.71. The van der Waals surface area contributed by atoms with Crippen LogP contribution in [-0.4, -0.2) is 5.97 Å². The molecule has 0 aromatic heterocycles. The van der Waals surface area contributed by atoms with E-state index in [-0.39, 0.29) is 5.97 Å². The Labute approximate surface area is 81.1 Å². The molecule has 0 bridgehead atoms. The van der Waals surface area contributed by atoms with Gasteiger partial charge >= 0.3 is 5.97 Å². The number of esters is 1. The summed E-state index contributed by atoms with van der Waals surface area (Å²) in [4.78, 5) is 10.7. The molecule has 0 radical (unpaired) electrons. The Morgan fingerprint density at radius 2 is 2.33 bits per heavy atom. The SMILES string of the molecule is CC(=O)OC1=C(Br)C(C)CCC1. The van der Waals surface area contributed by atoms with Gasteiger partial charge in [-0.25, -0.2) is 0 Å². The van der Waals surface area contributed by atoms with E-state index < -0.39 is 0 Å². The Kier molecular flexibility index (Phi) is 3.32. The van der Waals surface area contributed by atoms with E-state index in [4.69, 9.17) is 4.74 Å². The van der Waals surface area contributed by atoms with E-state index in [1.807, 2.05) is 0 Å². The van der Waals surface area contributed by atoms with Gasteiger partial charge in [0.15, 0.2) is 0 Å². The van der Waals surface area contributed by atoms with Gasteiger partial charge in [-0.15, -0.1) is 0 Å². The Morgan fingerprint density at radius 3 is 2.92 bits per heavy atom. The molecule has 12 heavy (non-hydrogen) atoms. The average molecular weight is 233 g/mol. The van der Waals surface area contributed by atoms with Crippen LogP contribution in [0.2, 0.25) is 0 Å². The number of hydrogen-bond acceptors (Lipinski definition) is 2. The maximum atomic E-state index is 10.7. The van der Waals surface area contributed by atoms with Crippen LogP contribution in [0.4, 0.5) is 0 Å². The van der Waals surface area contributed by atoms with Crippen LogP contribution >= 0.6 is 15.9 Å². The third-order valence-electron chi connectivity index (χ3n) is 2.01. The van der Waals surface area contributed by atoms with Crippen molar-refractivity contribution < 1.29 is 9.53 Å². The second-order valence-corrected chi connectivity index (χ2v) is 4.01. The molecular weight excluding hydrogens is 220 g/mol. The van der Waals surface area contributed by atoms with Gasteiger partial charge in [0.2, 0.25) is 0 Å². The van der Waals surface area contributed by atoms with Crippen molar-refractivity contribution in [3.8, 4) is 0 Å². The number of hydrogen-bond donors (Lipinski definition) is 0. The van der Waals surface area contributed by atoms with Crippen LogP contribution in [0.5, 0.6) is 0 Å². The molecule has 0 fully saturated rings. The van der Waals surface area contributed by atoms with Crippen LogP contribution < -0.4 is 0 Å². The Morgan fingerprint density at radius 1 is 1.67 bits per heavy atom. The second-order valence-electron chi connectivity index (χ2n) is 3.16. The normalized spacial score (nSPS) is 24.1. The molecule has 0 heterocycles. The maximum absolute atomic E-state index is 10.7. The molecule has 0 aliphatic heterocycles. The fourth-order valence-electron chi connectivity index (χ4n) is 1.36. The number of carbonyl (C=O) groups excluding carboxylic acids is 1. The van der Waals surface area contributed by atoms with Gasteiger partial charge < -0.3 is 4.74 Å². The zero-order valence-electron chi connectivity index (χ0n) is 7.39. The lowest BCUT2D eigenvalue weighted by molar-refractivity contribution is -0.137. The highest BCUT2D eigenvalue weighted by Gasteiger charge is 2.19. The highest BCUT2D eigenvalue weighted by Crippen LogP contribution is 2.34. The van der Waals surface area contributed by atoms with E-state index in [0.29, 0.717) is 5.92 Å². The first-order valence-electron chi connectivity index (χ1n) is 4.18. The van der Waals surface area contributed by atoms with Crippen LogP contribution in [0.1, 0.15) is 33.1 Å². The molecular formula is C9H13BrO2. The Hall–Kier alpha value is -0.310. The van der Waals surface area contributed by atoms with Gasteiger partial charge in [-0.05, 0) is 18.8 Å². The van der Waals surface area contributed by atoms with Crippen molar-refractivity contribution in [3.63, 3.8) is 0 Å². The molecule has 0 aromatic carbocycles. The highest BCUT2D eigenvalue weighted by atomic mass is 79.9. The molecule has 1 atom stereocenters. The average Bonchev–Trinajstić information content (AvgIpc) is 1.98. The van der Waals surface area contributed by atoms with E-state index >= 15 is 0 Å². The monoisotopic (exact) mass is 232 g/mol. The number of carbonyl (C=O) groups is 1. The molecule has 3 heteroatoms. The summed E-state index contributed by atoms with van der Waals surface area (Å²) in [5.41, 5.74) is 0. The van der Waals surface area contributed by atoms with Gasteiger partial charge in [0.1, 0.15) is 5.76 Å². The van der Waals surface area contributed by atoms with Crippen LogP contribution in [0, 0.1) is 5.92 Å². The van der Waals surface area contributed by atoms with Crippen molar-refractivity contribution in [1.82, 2.24) is 0 Å². The summed E-state index contributed by atoms with van der Waals surface area (Å²) in [6, 6.07) is 0. The molecule has 0 amide bonds. The van der Waals surface area contributed by atoms with E-state index in [9.17, 15) is 4.79 Å². The highest BCUT2D eigenvalue weighted by molar-refractivity contribution is 9.11. The lowest BCUT2D eigenvalue weighted by Crippen LogP contribution is -2.09. The van der Waals surface area contributed by atoms with Gasteiger partial charge in [0, 0.05) is 17.8 Å². The predicted molar refractivity (Wildman–Crippen MR) is 50.7 cm³/mol. The van der Waals surface area contributed by atoms with E-state index in [0.717, 1.165) is 23.1 Å². The Bertz CT molecular complexity index is 221. The molecule has 1 unspecified atom stereocenters. The van der Waals surface area contributed by atoms with Crippen molar-refractivity contribution in [2.75, 3.05) is 0 Å². The molecule has 68 valence electrons. The third-order valence-corrected chi connectivity index (χ3v) is 3.23. The van der Waals surface area contributed by atoms with Gasteiger partial charge in [-0.3, -0.25) is 4.79 Å². The van der Waals surface area contributed by atoms with Gasteiger partial charge in [-0.2, -0.15) is 0 Å². The summed E-state index contributed by atoms with van der Waals surface area (Å²) in [7, 11) is 0. The van der Waals surface area contributed by atoms with Crippen molar-refractivity contribution in [3.05, 3.63) is 10.2 Å². The lowest BCUT2D eigenvalue weighted by atomic mass is 9.96. The standard InChI is InChI=1S/C9H13BrO2/c1-6-4-3-5-8(9(6)10)12-7(2)11/h6H,3-5H2,1-2H3. The van der Waals surface area contributed by atoms with E-state index in [2.05, 4.69) is 22.9 Å². The third kappa shape index (κ3) is 2.34.